The molecule has 1 N–H and O–H groups in total. The van der Waals surface area contributed by atoms with E-state index in [4.69, 9.17) is 4.52 Å². The molecule has 2 heterocycles. The molecule has 1 aliphatic rings. The predicted octanol–water partition coefficient (Wildman–Crippen LogP) is 1.98. The van der Waals surface area contributed by atoms with Crippen LogP contribution in [-0.2, 0) is 6.42 Å². The van der Waals surface area contributed by atoms with E-state index in [9.17, 15) is 0 Å². The SMILES string of the molecule is CC1CNCC1c1nc(CC(C)(C)C)no1. The second-order valence-corrected chi connectivity index (χ2v) is 6.03. The topological polar surface area (TPSA) is 51.0 Å². The van der Waals surface area contributed by atoms with Gasteiger partial charge in [-0.1, -0.05) is 32.9 Å². The molecule has 2 atom stereocenters. The Morgan fingerprint density at radius 2 is 2.12 bits per heavy atom. The van der Waals surface area contributed by atoms with Crippen molar-refractivity contribution in [2.75, 3.05) is 13.1 Å². The largest absolute Gasteiger partial charge is 0.339 e. The van der Waals surface area contributed by atoms with Crippen molar-refractivity contribution in [2.45, 2.75) is 40.0 Å². The number of hydrogen-bond acceptors (Lipinski definition) is 4. The minimum absolute atomic E-state index is 0.209. The number of hydrogen-bond donors (Lipinski definition) is 1. The first kappa shape index (κ1) is 11.6. The molecule has 1 aromatic heterocycles. The van der Waals surface area contributed by atoms with Gasteiger partial charge in [0, 0.05) is 13.0 Å². The standard InChI is InChI=1S/C12H21N3O/c1-8-6-13-7-9(8)11-14-10(15-16-11)5-12(2,3)4/h8-9,13H,5-7H2,1-4H3. The number of rotatable bonds is 2. The summed E-state index contributed by atoms with van der Waals surface area (Å²) >= 11 is 0. The van der Waals surface area contributed by atoms with Crippen molar-refractivity contribution in [1.29, 1.82) is 0 Å². The molecule has 0 spiro atoms. The highest BCUT2D eigenvalue weighted by Crippen LogP contribution is 2.27. The molecule has 16 heavy (non-hydrogen) atoms. The van der Waals surface area contributed by atoms with E-state index in [0.29, 0.717) is 11.8 Å². The Balaban J connectivity index is 2.07. The van der Waals surface area contributed by atoms with Crippen LogP contribution < -0.4 is 5.32 Å². The zero-order valence-electron chi connectivity index (χ0n) is 10.6. The molecule has 90 valence electrons. The lowest BCUT2D eigenvalue weighted by atomic mass is 9.92. The smallest absolute Gasteiger partial charge is 0.231 e. The third kappa shape index (κ3) is 2.61. The van der Waals surface area contributed by atoms with Gasteiger partial charge in [0.1, 0.15) is 0 Å². The van der Waals surface area contributed by atoms with Crippen molar-refractivity contribution in [3.05, 3.63) is 11.7 Å². The molecule has 0 aliphatic carbocycles. The molecule has 1 saturated heterocycles. The van der Waals surface area contributed by atoms with Gasteiger partial charge < -0.3 is 9.84 Å². The van der Waals surface area contributed by atoms with Gasteiger partial charge in [0.2, 0.25) is 5.89 Å². The van der Waals surface area contributed by atoms with E-state index >= 15 is 0 Å². The number of nitrogens with zero attached hydrogens (tertiary/aromatic N) is 2. The van der Waals surface area contributed by atoms with Crippen LogP contribution in [0.25, 0.3) is 0 Å². The summed E-state index contributed by atoms with van der Waals surface area (Å²) in [4.78, 5) is 4.51. The van der Waals surface area contributed by atoms with E-state index in [-0.39, 0.29) is 5.41 Å². The van der Waals surface area contributed by atoms with Crippen molar-refractivity contribution in [3.8, 4) is 0 Å². The summed E-state index contributed by atoms with van der Waals surface area (Å²) in [5.74, 6) is 2.61. The predicted molar refractivity (Wildman–Crippen MR) is 62.2 cm³/mol. The van der Waals surface area contributed by atoms with Crippen molar-refractivity contribution in [1.82, 2.24) is 15.5 Å². The Hall–Kier alpha value is -0.900. The maximum Gasteiger partial charge on any atom is 0.231 e. The average Bonchev–Trinajstić information content (AvgIpc) is 2.71. The maximum absolute atomic E-state index is 5.36. The molecular formula is C12H21N3O. The molecular weight excluding hydrogens is 202 g/mol. The monoisotopic (exact) mass is 223 g/mol. The van der Waals surface area contributed by atoms with E-state index in [1.165, 1.54) is 0 Å². The quantitative estimate of drug-likeness (QED) is 0.833. The molecule has 0 amide bonds. The fourth-order valence-corrected chi connectivity index (χ4v) is 2.10. The second-order valence-electron chi connectivity index (χ2n) is 6.03. The van der Waals surface area contributed by atoms with Gasteiger partial charge in [0.15, 0.2) is 5.82 Å². The zero-order chi connectivity index (χ0) is 11.8. The Bertz CT molecular complexity index is 353. The van der Waals surface area contributed by atoms with Crippen molar-refractivity contribution in [3.63, 3.8) is 0 Å². The third-order valence-electron chi connectivity index (χ3n) is 3.01. The first-order valence-electron chi connectivity index (χ1n) is 5.99. The highest BCUT2D eigenvalue weighted by atomic mass is 16.5. The summed E-state index contributed by atoms with van der Waals surface area (Å²) in [5, 5.41) is 7.42. The third-order valence-corrected chi connectivity index (χ3v) is 3.01. The Labute approximate surface area is 96.8 Å². The average molecular weight is 223 g/mol. The fraction of sp³-hybridized carbons (Fsp3) is 0.833. The van der Waals surface area contributed by atoms with Crippen LogP contribution >= 0.6 is 0 Å². The van der Waals surface area contributed by atoms with Crippen LogP contribution in [0.1, 0.15) is 45.3 Å². The summed E-state index contributed by atoms with van der Waals surface area (Å²) in [7, 11) is 0. The van der Waals surface area contributed by atoms with E-state index in [0.717, 1.165) is 31.2 Å². The van der Waals surface area contributed by atoms with Gasteiger partial charge >= 0.3 is 0 Å². The molecule has 1 aromatic rings. The van der Waals surface area contributed by atoms with Crippen molar-refractivity contribution < 1.29 is 4.52 Å². The van der Waals surface area contributed by atoms with Crippen molar-refractivity contribution in [2.24, 2.45) is 11.3 Å². The maximum atomic E-state index is 5.36. The van der Waals surface area contributed by atoms with Crippen molar-refractivity contribution >= 4 is 0 Å². The van der Waals surface area contributed by atoms with Crippen LogP contribution in [0.4, 0.5) is 0 Å². The molecule has 1 fully saturated rings. The van der Waals surface area contributed by atoms with Crippen LogP contribution in [-0.4, -0.2) is 23.2 Å². The normalized spacial score (nSPS) is 26.2. The molecule has 2 rings (SSSR count). The van der Waals surface area contributed by atoms with Crippen LogP contribution in [0, 0.1) is 11.3 Å². The van der Waals surface area contributed by atoms with Gasteiger partial charge in [0.05, 0.1) is 5.92 Å². The van der Waals surface area contributed by atoms with Crippen LogP contribution in [0.3, 0.4) is 0 Å². The Kier molecular flexibility index (Phi) is 3.02. The van der Waals surface area contributed by atoms with Gasteiger partial charge in [-0.3, -0.25) is 0 Å². The van der Waals surface area contributed by atoms with Gasteiger partial charge in [-0.15, -0.1) is 0 Å². The van der Waals surface area contributed by atoms with E-state index in [1.54, 1.807) is 0 Å². The summed E-state index contributed by atoms with van der Waals surface area (Å²) in [6.45, 7) is 10.8. The fourth-order valence-electron chi connectivity index (χ4n) is 2.10. The number of nitrogens with one attached hydrogen (secondary N) is 1. The van der Waals surface area contributed by atoms with Crippen LogP contribution in [0.15, 0.2) is 4.52 Å². The summed E-state index contributed by atoms with van der Waals surface area (Å²) < 4.78 is 5.36. The molecule has 1 aliphatic heterocycles. The number of aromatic nitrogens is 2. The Morgan fingerprint density at radius 3 is 2.69 bits per heavy atom. The lowest BCUT2D eigenvalue weighted by Gasteiger charge is -2.14. The highest BCUT2D eigenvalue weighted by molar-refractivity contribution is 5.01. The molecule has 4 heteroatoms. The van der Waals surface area contributed by atoms with E-state index < -0.39 is 0 Å². The lowest BCUT2D eigenvalue weighted by Crippen LogP contribution is -2.11. The molecule has 0 bridgehead atoms. The van der Waals surface area contributed by atoms with Crippen LogP contribution in [0.2, 0.25) is 0 Å². The van der Waals surface area contributed by atoms with Crippen LogP contribution in [0.5, 0.6) is 0 Å². The molecule has 0 saturated carbocycles. The first-order valence-corrected chi connectivity index (χ1v) is 5.99. The zero-order valence-corrected chi connectivity index (χ0v) is 10.6. The molecule has 0 aromatic carbocycles. The first-order chi connectivity index (χ1) is 7.46. The van der Waals surface area contributed by atoms with Gasteiger partial charge in [-0.2, -0.15) is 4.98 Å². The Morgan fingerprint density at radius 1 is 1.38 bits per heavy atom. The molecule has 2 unspecified atom stereocenters. The minimum Gasteiger partial charge on any atom is -0.339 e. The summed E-state index contributed by atoms with van der Waals surface area (Å²) in [6.07, 6.45) is 0.866. The minimum atomic E-state index is 0.209. The van der Waals surface area contributed by atoms with Gasteiger partial charge in [-0.25, -0.2) is 0 Å². The van der Waals surface area contributed by atoms with Gasteiger partial charge in [-0.05, 0) is 17.9 Å². The summed E-state index contributed by atoms with van der Waals surface area (Å²) in [6, 6.07) is 0. The van der Waals surface area contributed by atoms with Gasteiger partial charge in [0.25, 0.3) is 0 Å². The van der Waals surface area contributed by atoms with E-state index in [2.05, 4.69) is 43.2 Å². The second kappa shape index (κ2) is 4.17. The molecule has 4 nitrogen and oxygen atoms in total. The van der Waals surface area contributed by atoms with E-state index in [1.807, 2.05) is 0 Å². The molecule has 0 radical (unpaired) electrons. The summed E-state index contributed by atoms with van der Waals surface area (Å²) in [5.41, 5.74) is 0.209. The highest BCUT2D eigenvalue weighted by Gasteiger charge is 2.29. The lowest BCUT2D eigenvalue weighted by molar-refractivity contribution is 0.329.